The van der Waals surface area contributed by atoms with E-state index in [1.165, 1.54) is 12.1 Å². The van der Waals surface area contributed by atoms with Gasteiger partial charge in [-0.3, -0.25) is 4.79 Å². The number of carbonyl (C=O) groups excluding carboxylic acids is 1. The van der Waals surface area contributed by atoms with Crippen molar-refractivity contribution in [1.82, 2.24) is 5.32 Å². The molecule has 1 heterocycles. The molecule has 1 aromatic carbocycles. The molecule has 0 aliphatic carbocycles. The molecule has 0 bridgehead atoms. The number of carbonyl (C=O) groups is 1. The van der Waals surface area contributed by atoms with Gasteiger partial charge in [-0.1, -0.05) is 18.5 Å². The smallest absolute Gasteiger partial charge is 0.231 e. The maximum Gasteiger partial charge on any atom is 0.231 e. The molecule has 1 aliphatic heterocycles. The molecule has 6 heteroatoms. The summed E-state index contributed by atoms with van der Waals surface area (Å²) >= 11 is 9.24. The van der Waals surface area contributed by atoms with Crippen LogP contribution in [0.5, 0.6) is 0 Å². The monoisotopic (exact) mass is 362 g/mol. The average Bonchev–Trinajstić information content (AvgIpc) is 2.43. The first-order chi connectivity index (χ1) is 9.48. The van der Waals surface area contributed by atoms with Gasteiger partial charge in [-0.05, 0) is 53.9 Å². The Hall–Kier alpha value is -0.650. The van der Waals surface area contributed by atoms with Gasteiger partial charge >= 0.3 is 0 Å². The van der Waals surface area contributed by atoms with Gasteiger partial charge in [-0.15, -0.1) is 0 Å². The standard InChI is InChI=1S/C14H17BrClFN2O/c1-2-14(4-3-5-18-8-14)13(20)19-12-10(15)6-9(17)7-11(12)16/h6-7,18H,2-5,8H2,1H3,(H,19,20). The first-order valence-corrected chi connectivity index (χ1v) is 7.82. The summed E-state index contributed by atoms with van der Waals surface area (Å²) < 4.78 is 13.7. The highest BCUT2D eigenvalue weighted by Gasteiger charge is 2.38. The summed E-state index contributed by atoms with van der Waals surface area (Å²) in [5, 5.41) is 6.30. The average molecular weight is 364 g/mol. The molecule has 2 N–H and O–H groups in total. The maximum absolute atomic E-state index is 13.2. The van der Waals surface area contributed by atoms with Gasteiger partial charge in [0.15, 0.2) is 0 Å². The normalized spacial score (nSPS) is 22.6. The second-order valence-electron chi connectivity index (χ2n) is 5.11. The molecule has 110 valence electrons. The van der Waals surface area contributed by atoms with Gasteiger partial charge < -0.3 is 10.6 Å². The highest BCUT2D eigenvalue weighted by molar-refractivity contribution is 9.10. The fraction of sp³-hybridized carbons (Fsp3) is 0.500. The first kappa shape index (κ1) is 15.7. The van der Waals surface area contributed by atoms with Crippen LogP contribution in [0.25, 0.3) is 0 Å². The maximum atomic E-state index is 13.2. The predicted molar refractivity (Wildman–Crippen MR) is 82.6 cm³/mol. The van der Waals surface area contributed by atoms with Crippen molar-refractivity contribution in [3.63, 3.8) is 0 Å². The van der Waals surface area contributed by atoms with Gasteiger partial charge in [-0.25, -0.2) is 4.39 Å². The Balaban J connectivity index is 2.23. The van der Waals surface area contributed by atoms with Crippen LogP contribution in [0, 0.1) is 11.2 Å². The molecule has 2 rings (SSSR count). The zero-order valence-corrected chi connectivity index (χ0v) is 13.6. The lowest BCUT2D eigenvalue weighted by Gasteiger charge is -2.35. The first-order valence-electron chi connectivity index (χ1n) is 6.65. The van der Waals surface area contributed by atoms with Gasteiger partial charge in [0.1, 0.15) is 5.82 Å². The lowest BCUT2D eigenvalue weighted by molar-refractivity contribution is -0.126. The molecule has 1 aromatic rings. The number of hydrogen-bond acceptors (Lipinski definition) is 2. The summed E-state index contributed by atoms with van der Waals surface area (Å²) in [6, 6.07) is 2.49. The Morgan fingerprint density at radius 1 is 1.60 bits per heavy atom. The number of amides is 1. The van der Waals surface area contributed by atoms with Crippen LogP contribution < -0.4 is 10.6 Å². The fourth-order valence-corrected chi connectivity index (χ4v) is 3.43. The SMILES string of the molecule is CCC1(C(=O)Nc2c(Cl)cc(F)cc2Br)CCCNC1. The van der Waals surface area contributed by atoms with Crippen molar-refractivity contribution in [2.45, 2.75) is 26.2 Å². The van der Waals surface area contributed by atoms with Crippen molar-refractivity contribution in [3.8, 4) is 0 Å². The molecule has 1 saturated heterocycles. The van der Waals surface area contributed by atoms with E-state index in [4.69, 9.17) is 11.6 Å². The zero-order chi connectivity index (χ0) is 14.8. The van der Waals surface area contributed by atoms with Crippen molar-refractivity contribution in [1.29, 1.82) is 0 Å². The second-order valence-corrected chi connectivity index (χ2v) is 6.37. The van der Waals surface area contributed by atoms with Crippen LogP contribution in [-0.2, 0) is 4.79 Å². The van der Waals surface area contributed by atoms with Crippen LogP contribution in [0.2, 0.25) is 5.02 Å². The topological polar surface area (TPSA) is 41.1 Å². The lowest BCUT2D eigenvalue weighted by Crippen LogP contribution is -2.47. The van der Waals surface area contributed by atoms with Crippen molar-refractivity contribution in [3.05, 3.63) is 27.4 Å². The molecular formula is C14H17BrClFN2O. The molecule has 1 atom stereocenters. The van der Waals surface area contributed by atoms with E-state index < -0.39 is 11.2 Å². The third kappa shape index (κ3) is 3.15. The van der Waals surface area contributed by atoms with Crippen LogP contribution in [-0.4, -0.2) is 19.0 Å². The minimum absolute atomic E-state index is 0.0681. The quantitative estimate of drug-likeness (QED) is 0.853. The summed E-state index contributed by atoms with van der Waals surface area (Å²) in [5.74, 6) is -0.509. The summed E-state index contributed by atoms with van der Waals surface area (Å²) in [6.45, 7) is 3.61. The Morgan fingerprint density at radius 3 is 2.90 bits per heavy atom. The zero-order valence-electron chi connectivity index (χ0n) is 11.2. The molecule has 20 heavy (non-hydrogen) atoms. The minimum atomic E-state index is -0.440. The third-order valence-corrected chi connectivity index (χ3v) is 4.80. The number of benzene rings is 1. The molecule has 0 aromatic heterocycles. The van der Waals surface area contributed by atoms with E-state index in [0.29, 0.717) is 16.7 Å². The van der Waals surface area contributed by atoms with Crippen LogP contribution in [0.15, 0.2) is 16.6 Å². The van der Waals surface area contributed by atoms with Crippen LogP contribution >= 0.6 is 27.5 Å². The predicted octanol–water partition coefficient (Wildman–Crippen LogP) is 3.96. The number of rotatable bonds is 3. The molecular weight excluding hydrogens is 347 g/mol. The molecule has 1 aliphatic rings. The summed E-state index contributed by atoms with van der Waals surface area (Å²) in [7, 11) is 0. The highest BCUT2D eigenvalue weighted by Crippen LogP contribution is 2.36. The van der Waals surface area contributed by atoms with Gasteiger partial charge in [0.2, 0.25) is 5.91 Å². The minimum Gasteiger partial charge on any atom is -0.323 e. The third-order valence-electron chi connectivity index (χ3n) is 3.88. The van der Waals surface area contributed by atoms with Crippen LogP contribution in [0.3, 0.4) is 0 Å². The summed E-state index contributed by atoms with van der Waals surface area (Å²) in [6.07, 6.45) is 2.57. The fourth-order valence-electron chi connectivity index (χ4n) is 2.53. The van der Waals surface area contributed by atoms with E-state index in [9.17, 15) is 9.18 Å². The van der Waals surface area contributed by atoms with Gasteiger partial charge in [-0.2, -0.15) is 0 Å². The van der Waals surface area contributed by atoms with E-state index in [2.05, 4.69) is 26.6 Å². The summed E-state index contributed by atoms with van der Waals surface area (Å²) in [5.41, 5.74) is 0.00606. The van der Waals surface area contributed by atoms with Crippen molar-refractivity contribution < 1.29 is 9.18 Å². The molecule has 1 unspecified atom stereocenters. The van der Waals surface area contributed by atoms with E-state index in [1.54, 1.807) is 0 Å². The number of nitrogens with one attached hydrogen (secondary N) is 2. The largest absolute Gasteiger partial charge is 0.323 e. The molecule has 0 radical (unpaired) electrons. The Morgan fingerprint density at radius 2 is 2.35 bits per heavy atom. The Kier molecular flexibility index (Phi) is 5.04. The molecule has 1 amide bonds. The van der Waals surface area contributed by atoms with E-state index >= 15 is 0 Å². The molecule has 0 saturated carbocycles. The van der Waals surface area contributed by atoms with E-state index in [1.807, 2.05) is 6.92 Å². The van der Waals surface area contributed by atoms with Gasteiger partial charge in [0.25, 0.3) is 0 Å². The lowest BCUT2D eigenvalue weighted by atomic mass is 9.77. The second kappa shape index (κ2) is 6.41. The van der Waals surface area contributed by atoms with Crippen molar-refractivity contribution in [2.75, 3.05) is 18.4 Å². The Labute approximate surface area is 131 Å². The molecule has 3 nitrogen and oxygen atoms in total. The van der Waals surface area contributed by atoms with E-state index in [0.717, 1.165) is 25.8 Å². The van der Waals surface area contributed by atoms with Gasteiger partial charge in [0, 0.05) is 11.0 Å². The number of halogens is 3. The summed E-state index contributed by atoms with van der Waals surface area (Å²) in [4.78, 5) is 12.6. The number of hydrogen-bond donors (Lipinski definition) is 2. The van der Waals surface area contributed by atoms with Crippen molar-refractivity contribution >= 4 is 39.1 Å². The molecule has 0 spiro atoms. The van der Waals surface area contributed by atoms with Gasteiger partial charge in [0.05, 0.1) is 16.1 Å². The molecule has 1 fully saturated rings. The Bertz CT molecular complexity index is 495. The van der Waals surface area contributed by atoms with E-state index in [-0.39, 0.29) is 10.9 Å². The number of piperidine rings is 1. The van der Waals surface area contributed by atoms with Crippen molar-refractivity contribution in [2.24, 2.45) is 5.41 Å². The van der Waals surface area contributed by atoms with Crippen LogP contribution in [0.4, 0.5) is 10.1 Å². The number of anilines is 1. The van der Waals surface area contributed by atoms with Crippen LogP contribution in [0.1, 0.15) is 26.2 Å². The highest BCUT2D eigenvalue weighted by atomic mass is 79.9.